The van der Waals surface area contributed by atoms with Crippen LogP contribution in [0.4, 0.5) is 0 Å². The maximum Gasteiger partial charge on any atom is 0.275 e. The Morgan fingerprint density at radius 2 is 1.69 bits per heavy atom. The van der Waals surface area contributed by atoms with E-state index < -0.39 is 10.0 Å². The summed E-state index contributed by atoms with van der Waals surface area (Å²) in [7, 11) is -2.48. The molecular formula is C21H22N2O5S. The Labute approximate surface area is 170 Å². The third-order valence-electron chi connectivity index (χ3n) is 5.04. The van der Waals surface area contributed by atoms with Crippen molar-refractivity contribution >= 4 is 21.7 Å². The fourth-order valence-corrected chi connectivity index (χ4v) is 5.25. The zero-order chi connectivity index (χ0) is 20.4. The lowest BCUT2D eigenvalue weighted by atomic mass is 10.1. The molecule has 7 nitrogen and oxygen atoms in total. The minimum Gasteiger partial charge on any atom is -0.494 e. The number of morpholine rings is 1. The molecule has 1 fully saturated rings. The van der Waals surface area contributed by atoms with E-state index in [0.717, 1.165) is 5.56 Å². The molecule has 2 aromatic rings. The number of hydrogen-bond donors (Lipinski definition) is 0. The first-order valence-corrected chi connectivity index (χ1v) is 10.8. The van der Waals surface area contributed by atoms with Gasteiger partial charge in [0.25, 0.3) is 15.9 Å². The van der Waals surface area contributed by atoms with Crippen molar-refractivity contribution in [2.75, 3.05) is 33.4 Å². The van der Waals surface area contributed by atoms with Gasteiger partial charge >= 0.3 is 0 Å². The third-order valence-corrected chi connectivity index (χ3v) is 6.84. The number of amides is 1. The lowest BCUT2D eigenvalue weighted by Gasteiger charge is -2.36. The van der Waals surface area contributed by atoms with Gasteiger partial charge in [-0.2, -0.15) is 0 Å². The first-order chi connectivity index (χ1) is 14.0. The van der Waals surface area contributed by atoms with Gasteiger partial charge in [-0.1, -0.05) is 42.5 Å². The van der Waals surface area contributed by atoms with Crippen LogP contribution in [0, 0.1) is 0 Å². The van der Waals surface area contributed by atoms with Crippen LogP contribution in [0.2, 0.25) is 0 Å². The van der Waals surface area contributed by atoms with E-state index in [1.54, 1.807) is 23.1 Å². The summed E-state index contributed by atoms with van der Waals surface area (Å²) in [5.74, 6) is -0.109. The largest absolute Gasteiger partial charge is 0.494 e. The van der Waals surface area contributed by atoms with Crippen LogP contribution in [-0.4, -0.2) is 56.9 Å². The molecule has 0 N–H and O–H groups in total. The van der Waals surface area contributed by atoms with Crippen molar-refractivity contribution in [3.05, 3.63) is 71.4 Å². The fourth-order valence-electron chi connectivity index (χ4n) is 3.60. The minimum absolute atomic E-state index is 0.0375. The number of rotatable bonds is 4. The normalized spacial score (nSPS) is 18.4. The molecule has 0 aromatic heterocycles. The van der Waals surface area contributed by atoms with Crippen molar-refractivity contribution in [2.45, 2.75) is 11.4 Å². The van der Waals surface area contributed by atoms with E-state index in [-0.39, 0.29) is 28.8 Å². The van der Waals surface area contributed by atoms with Crippen molar-refractivity contribution in [1.29, 1.82) is 0 Å². The molecule has 2 aromatic carbocycles. The summed E-state index contributed by atoms with van der Waals surface area (Å²) < 4.78 is 39.1. The number of methoxy groups -OCH3 is 1. The number of carbonyl (C=O) groups is 1. The highest BCUT2D eigenvalue weighted by atomic mass is 32.2. The van der Waals surface area contributed by atoms with Crippen LogP contribution in [0.25, 0.3) is 5.76 Å². The molecule has 2 aliphatic heterocycles. The standard InChI is InChI=1S/C21H22N2O5S/c1-27-20-17-9-5-6-10-18(17)29(25,26)23(15-16-7-3-2-4-8-16)19(20)21(24)22-11-13-28-14-12-22/h2-10H,11-15H2,1H3. The Morgan fingerprint density at radius 3 is 2.38 bits per heavy atom. The van der Waals surface area contributed by atoms with Gasteiger partial charge in [0.2, 0.25) is 0 Å². The Kier molecular flexibility index (Phi) is 5.29. The summed E-state index contributed by atoms with van der Waals surface area (Å²) in [6.45, 7) is 1.68. The van der Waals surface area contributed by atoms with Crippen LogP contribution in [0.5, 0.6) is 0 Å². The quantitative estimate of drug-likeness (QED) is 0.766. The molecule has 2 heterocycles. The zero-order valence-corrected chi connectivity index (χ0v) is 16.9. The van der Waals surface area contributed by atoms with Gasteiger partial charge in [-0.3, -0.25) is 9.10 Å². The van der Waals surface area contributed by atoms with Crippen molar-refractivity contribution in [1.82, 2.24) is 9.21 Å². The van der Waals surface area contributed by atoms with Crippen molar-refractivity contribution in [2.24, 2.45) is 0 Å². The molecule has 8 heteroatoms. The second-order valence-corrected chi connectivity index (χ2v) is 8.61. The lowest BCUT2D eigenvalue weighted by molar-refractivity contribution is -0.132. The molecule has 2 aliphatic rings. The zero-order valence-electron chi connectivity index (χ0n) is 16.1. The van der Waals surface area contributed by atoms with Crippen LogP contribution in [0.3, 0.4) is 0 Å². The Hall–Kier alpha value is -2.84. The van der Waals surface area contributed by atoms with Gasteiger partial charge in [0.05, 0.1) is 31.8 Å². The van der Waals surface area contributed by atoms with Crippen molar-refractivity contribution in [3.8, 4) is 0 Å². The number of nitrogens with zero attached hydrogens (tertiary/aromatic N) is 2. The van der Waals surface area contributed by atoms with Gasteiger partial charge in [0.15, 0.2) is 11.5 Å². The van der Waals surface area contributed by atoms with Gasteiger partial charge in [-0.15, -0.1) is 0 Å². The SMILES string of the molecule is COC1=C(C(=O)N2CCOCC2)N(Cc2ccccc2)S(=O)(=O)c2ccccc21. The molecule has 0 bridgehead atoms. The third kappa shape index (κ3) is 3.49. The monoisotopic (exact) mass is 414 g/mol. The minimum atomic E-state index is -3.94. The summed E-state index contributed by atoms with van der Waals surface area (Å²) in [6.07, 6.45) is 0. The van der Waals surface area contributed by atoms with E-state index in [4.69, 9.17) is 9.47 Å². The van der Waals surface area contributed by atoms with Gasteiger partial charge in [0.1, 0.15) is 0 Å². The maximum absolute atomic E-state index is 13.5. The van der Waals surface area contributed by atoms with E-state index in [0.29, 0.717) is 31.9 Å². The summed E-state index contributed by atoms with van der Waals surface area (Å²) in [5.41, 5.74) is 1.21. The van der Waals surface area contributed by atoms with E-state index in [1.807, 2.05) is 30.3 Å². The summed E-state index contributed by atoms with van der Waals surface area (Å²) in [5, 5.41) is 0. The Morgan fingerprint density at radius 1 is 1.03 bits per heavy atom. The van der Waals surface area contributed by atoms with Crippen LogP contribution in [0.1, 0.15) is 11.1 Å². The molecule has 0 spiro atoms. The molecule has 29 heavy (non-hydrogen) atoms. The first kappa shape index (κ1) is 19.5. The van der Waals surface area contributed by atoms with Gasteiger partial charge in [-0.25, -0.2) is 8.42 Å². The van der Waals surface area contributed by atoms with E-state index in [9.17, 15) is 13.2 Å². The predicted molar refractivity (Wildman–Crippen MR) is 107 cm³/mol. The van der Waals surface area contributed by atoms with Crippen molar-refractivity contribution < 1.29 is 22.7 Å². The molecular weight excluding hydrogens is 392 g/mol. The molecule has 0 unspecified atom stereocenters. The van der Waals surface area contributed by atoms with Gasteiger partial charge in [0, 0.05) is 18.7 Å². The summed E-state index contributed by atoms with van der Waals surface area (Å²) in [6, 6.07) is 15.8. The maximum atomic E-state index is 13.5. The molecule has 0 aliphatic carbocycles. The summed E-state index contributed by atoms with van der Waals surface area (Å²) in [4.78, 5) is 15.2. The first-order valence-electron chi connectivity index (χ1n) is 9.35. The van der Waals surface area contributed by atoms with Gasteiger partial charge < -0.3 is 14.4 Å². The Balaban J connectivity index is 1.89. The topological polar surface area (TPSA) is 76.2 Å². The number of carbonyl (C=O) groups excluding carboxylic acids is 1. The average molecular weight is 414 g/mol. The van der Waals surface area contributed by atoms with E-state index in [1.165, 1.54) is 17.5 Å². The fraction of sp³-hybridized carbons (Fsp3) is 0.286. The molecule has 0 radical (unpaired) electrons. The highest BCUT2D eigenvalue weighted by Crippen LogP contribution is 2.38. The second-order valence-electron chi connectivity index (χ2n) is 6.78. The van der Waals surface area contributed by atoms with Crippen LogP contribution >= 0.6 is 0 Å². The number of fused-ring (bicyclic) bond motifs is 1. The number of benzene rings is 2. The molecule has 1 saturated heterocycles. The van der Waals surface area contributed by atoms with Crippen LogP contribution in [0.15, 0.2) is 65.2 Å². The summed E-state index contributed by atoms with van der Waals surface area (Å²) >= 11 is 0. The van der Waals surface area contributed by atoms with Crippen molar-refractivity contribution in [3.63, 3.8) is 0 Å². The highest BCUT2D eigenvalue weighted by molar-refractivity contribution is 7.89. The second kappa shape index (κ2) is 7.88. The number of ether oxygens (including phenoxy) is 2. The molecule has 0 atom stereocenters. The Bertz CT molecular complexity index is 1040. The van der Waals surface area contributed by atoms with Gasteiger partial charge in [-0.05, 0) is 17.7 Å². The average Bonchev–Trinajstić information content (AvgIpc) is 2.76. The molecule has 4 rings (SSSR count). The van der Waals surface area contributed by atoms with E-state index in [2.05, 4.69) is 0 Å². The number of hydrogen-bond acceptors (Lipinski definition) is 5. The van der Waals surface area contributed by atoms with E-state index >= 15 is 0 Å². The highest BCUT2D eigenvalue weighted by Gasteiger charge is 2.42. The smallest absolute Gasteiger partial charge is 0.275 e. The lowest BCUT2D eigenvalue weighted by Crippen LogP contribution is -2.47. The van der Waals surface area contributed by atoms with Crippen LogP contribution < -0.4 is 0 Å². The molecule has 1 amide bonds. The predicted octanol–water partition coefficient (Wildman–Crippen LogP) is 2.06. The van der Waals surface area contributed by atoms with Crippen LogP contribution in [-0.2, 0) is 30.8 Å². The molecule has 0 saturated carbocycles. The number of sulfonamides is 1. The molecule has 152 valence electrons.